The Morgan fingerprint density at radius 2 is 1.94 bits per heavy atom. The molecule has 1 aromatic heterocycles. The van der Waals surface area contributed by atoms with Crippen molar-refractivity contribution in [2.45, 2.75) is 6.61 Å². The summed E-state index contributed by atoms with van der Waals surface area (Å²) < 4.78 is 23.1. The predicted molar refractivity (Wildman–Crippen MR) is 63.6 cm³/mol. The molecule has 0 aliphatic heterocycles. The van der Waals surface area contributed by atoms with Gasteiger partial charge in [-0.3, -0.25) is 0 Å². The molecule has 2 aromatic rings. The molecular weight excluding hydrogens is 237 g/mol. The maximum atomic E-state index is 12.7. The van der Waals surface area contributed by atoms with Crippen LogP contribution in [-0.4, -0.2) is 17.1 Å². The molecule has 0 aliphatic carbocycles. The normalized spacial score (nSPS) is 10.3. The Balaban J connectivity index is 2.20. The first-order valence-corrected chi connectivity index (χ1v) is 5.23. The third-order valence-corrected chi connectivity index (χ3v) is 2.08. The van der Waals surface area contributed by atoms with E-state index in [2.05, 4.69) is 9.97 Å². The summed E-state index contributed by atoms with van der Waals surface area (Å²) in [5, 5.41) is 0. The van der Waals surface area contributed by atoms with Crippen LogP contribution in [0.25, 0.3) is 0 Å². The van der Waals surface area contributed by atoms with Crippen LogP contribution in [0.5, 0.6) is 11.6 Å². The number of anilines is 1. The molecule has 0 spiro atoms. The van der Waals surface area contributed by atoms with Crippen molar-refractivity contribution >= 4 is 5.82 Å². The zero-order valence-corrected chi connectivity index (χ0v) is 9.76. The van der Waals surface area contributed by atoms with E-state index in [4.69, 9.17) is 15.2 Å². The zero-order chi connectivity index (χ0) is 13.0. The molecule has 0 amide bonds. The van der Waals surface area contributed by atoms with Gasteiger partial charge in [-0.2, -0.15) is 4.98 Å². The van der Waals surface area contributed by atoms with Gasteiger partial charge in [0.25, 0.3) is 0 Å². The van der Waals surface area contributed by atoms with Crippen molar-refractivity contribution in [2.75, 3.05) is 12.8 Å². The number of nitrogens with zero attached hydrogens (tertiary/aromatic N) is 2. The second kappa shape index (κ2) is 5.42. The zero-order valence-electron chi connectivity index (χ0n) is 9.76. The minimum absolute atomic E-state index is 0.241. The summed E-state index contributed by atoms with van der Waals surface area (Å²) >= 11 is 0. The van der Waals surface area contributed by atoms with Gasteiger partial charge >= 0.3 is 0 Å². The molecule has 0 atom stereocenters. The molecule has 1 heterocycles. The summed E-state index contributed by atoms with van der Waals surface area (Å²) in [7, 11) is 1.53. The Bertz CT molecular complexity index is 531. The van der Waals surface area contributed by atoms with E-state index in [1.165, 1.54) is 37.4 Å². The van der Waals surface area contributed by atoms with Gasteiger partial charge in [0.1, 0.15) is 24.0 Å². The van der Waals surface area contributed by atoms with Gasteiger partial charge in [0, 0.05) is 13.2 Å². The summed E-state index contributed by atoms with van der Waals surface area (Å²) in [6.07, 6.45) is 0. The first-order valence-electron chi connectivity index (χ1n) is 5.23. The monoisotopic (exact) mass is 249 g/mol. The molecule has 94 valence electrons. The van der Waals surface area contributed by atoms with Gasteiger partial charge in [-0.15, -0.1) is 0 Å². The first kappa shape index (κ1) is 12.3. The van der Waals surface area contributed by atoms with Crippen LogP contribution in [0.2, 0.25) is 0 Å². The van der Waals surface area contributed by atoms with Crippen molar-refractivity contribution in [1.29, 1.82) is 0 Å². The molecule has 18 heavy (non-hydrogen) atoms. The molecule has 2 rings (SSSR count). The standard InChI is InChI=1S/C12H12FN3O2/c1-17-7-11-15-10(14)6-12(16-11)18-9-4-2-8(13)3-5-9/h2-6H,7H2,1H3,(H2,14,15,16). The Morgan fingerprint density at radius 3 is 2.61 bits per heavy atom. The van der Waals surface area contributed by atoms with E-state index in [9.17, 15) is 4.39 Å². The van der Waals surface area contributed by atoms with Crippen molar-refractivity contribution in [3.8, 4) is 11.6 Å². The Kier molecular flexibility index (Phi) is 3.69. The number of aromatic nitrogens is 2. The number of halogens is 1. The third-order valence-electron chi connectivity index (χ3n) is 2.08. The minimum Gasteiger partial charge on any atom is -0.439 e. The van der Waals surface area contributed by atoms with Crippen LogP contribution in [0.4, 0.5) is 10.2 Å². The summed E-state index contributed by atoms with van der Waals surface area (Å²) in [4.78, 5) is 8.09. The van der Waals surface area contributed by atoms with E-state index >= 15 is 0 Å². The average molecular weight is 249 g/mol. The molecule has 2 N–H and O–H groups in total. The van der Waals surface area contributed by atoms with Crippen LogP contribution in [0.1, 0.15) is 5.82 Å². The molecule has 5 nitrogen and oxygen atoms in total. The second-order valence-corrected chi connectivity index (χ2v) is 3.54. The molecule has 0 saturated heterocycles. The van der Waals surface area contributed by atoms with Gasteiger partial charge in [-0.1, -0.05) is 0 Å². The fourth-order valence-electron chi connectivity index (χ4n) is 1.36. The Labute approximate surface area is 103 Å². The summed E-state index contributed by atoms with van der Waals surface area (Å²) in [5.41, 5.74) is 5.62. The lowest BCUT2D eigenvalue weighted by Gasteiger charge is -2.07. The minimum atomic E-state index is -0.329. The van der Waals surface area contributed by atoms with Crippen LogP contribution in [0.15, 0.2) is 30.3 Å². The quantitative estimate of drug-likeness (QED) is 0.898. The van der Waals surface area contributed by atoms with Gasteiger partial charge in [-0.25, -0.2) is 9.37 Å². The predicted octanol–water partition coefficient (Wildman–Crippen LogP) is 2.14. The third kappa shape index (κ3) is 3.14. The molecule has 0 aliphatic rings. The summed E-state index contributed by atoms with van der Waals surface area (Å²) in [6, 6.07) is 7.10. The lowest BCUT2D eigenvalue weighted by Crippen LogP contribution is -2.02. The fourth-order valence-corrected chi connectivity index (χ4v) is 1.36. The number of ether oxygens (including phenoxy) is 2. The number of rotatable bonds is 4. The molecule has 0 fully saturated rings. The summed E-state index contributed by atoms with van der Waals surface area (Å²) in [5.74, 6) is 1.15. The van der Waals surface area contributed by atoms with Gasteiger partial charge in [0.05, 0.1) is 0 Å². The number of hydrogen-bond donors (Lipinski definition) is 1. The number of nitrogen functional groups attached to an aromatic ring is 1. The van der Waals surface area contributed by atoms with Crippen molar-refractivity contribution in [2.24, 2.45) is 0 Å². The maximum Gasteiger partial charge on any atom is 0.224 e. The average Bonchev–Trinajstić information content (AvgIpc) is 2.32. The fraction of sp³-hybridized carbons (Fsp3) is 0.167. The Morgan fingerprint density at radius 1 is 1.22 bits per heavy atom. The molecular formula is C12H12FN3O2. The SMILES string of the molecule is COCc1nc(N)cc(Oc2ccc(F)cc2)n1. The van der Waals surface area contributed by atoms with Gasteiger partial charge in [-0.05, 0) is 24.3 Å². The van der Waals surface area contributed by atoms with E-state index in [-0.39, 0.29) is 18.2 Å². The topological polar surface area (TPSA) is 70.3 Å². The number of nitrogens with two attached hydrogens (primary N) is 1. The molecule has 0 radical (unpaired) electrons. The highest BCUT2D eigenvalue weighted by atomic mass is 19.1. The molecule has 0 unspecified atom stereocenters. The number of benzene rings is 1. The smallest absolute Gasteiger partial charge is 0.224 e. The van der Waals surface area contributed by atoms with Crippen LogP contribution in [-0.2, 0) is 11.3 Å². The van der Waals surface area contributed by atoms with Crippen LogP contribution in [0, 0.1) is 5.82 Å². The van der Waals surface area contributed by atoms with E-state index in [0.29, 0.717) is 17.5 Å². The lowest BCUT2D eigenvalue weighted by atomic mass is 10.3. The molecule has 0 bridgehead atoms. The van der Waals surface area contributed by atoms with Crippen LogP contribution >= 0.6 is 0 Å². The first-order chi connectivity index (χ1) is 8.67. The lowest BCUT2D eigenvalue weighted by molar-refractivity contribution is 0.177. The van der Waals surface area contributed by atoms with E-state index in [1.807, 2.05) is 0 Å². The van der Waals surface area contributed by atoms with E-state index in [0.717, 1.165) is 0 Å². The molecule has 1 aromatic carbocycles. The van der Waals surface area contributed by atoms with Crippen molar-refractivity contribution in [1.82, 2.24) is 9.97 Å². The maximum absolute atomic E-state index is 12.7. The van der Waals surface area contributed by atoms with E-state index < -0.39 is 0 Å². The van der Waals surface area contributed by atoms with Gasteiger partial charge in [0.2, 0.25) is 5.88 Å². The van der Waals surface area contributed by atoms with Crippen molar-refractivity contribution in [3.63, 3.8) is 0 Å². The van der Waals surface area contributed by atoms with E-state index in [1.54, 1.807) is 0 Å². The second-order valence-electron chi connectivity index (χ2n) is 3.54. The van der Waals surface area contributed by atoms with Gasteiger partial charge in [0.15, 0.2) is 5.82 Å². The van der Waals surface area contributed by atoms with Crippen molar-refractivity contribution in [3.05, 3.63) is 42.0 Å². The highest BCUT2D eigenvalue weighted by molar-refractivity contribution is 5.35. The van der Waals surface area contributed by atoms with Gasteiger partial charge < -0.3 is 15.2 Å². The summed E-state index contributed by atoms with van der Waals surface area (Å²) in [6.45, 7) is 0.241. The molecule has 0 saturated carbocycles. The highest BCUT2D eigenvalue weighted by Gasteiger charge is 2.05. The highest BCUT2D eigenvalue weighted by Crippen LogP contribution is 2.21. The van der Waals surface area contributed by atoms with Crippen LogP contribution < -0.4 is 10.5 Å². The number of hydrogen-bond acceptors (Lipinski definition) is 5. The van der Waals surface area contributed by atoms with Crippen molar-refractivity contribution < 1.29 is 13.9 Å². The van der Waals surface area contributed by atoms with Crippen LogP contribution in [0.3, 0.4) is 0 Å². The Hall–Kier alpha value is -2.21. The number of methoxy groups -OCH3 is 1. The molecule has 6 heteroatoms. The largest absolute Gasteiger partial charge is 0.439 e.